The van der Waals surface area contributed by atoms with Gasteiger partial charge in [0.05, 0.1) is 0 Å². The average Bonchev–Trinajstić information content (AvgIpc) is 2.63. The second-order valence-electron chi connectivity index (χ2n) is 6.18. The SMILES string of the molecule is Cc1ccc(C(C)C)c(OCC(=O)NNC(=O)COc2ccccc2)c1. The van der Waals surface area contributed by atoms with Crippen molar-refractivity contribution in [1.82, 2.24) is 10.9 Å². The van der Waals surface area contributed by atoms with Crippen LogP contribution in [0.5, 0.6) is 11.5 Å². The van der Waals surface area contributed by atoms with Crippen molar-refractivity contribution >= 4 is 11.8 Å². The smallest absolute Gasteiger partial charge is 0.276 e. The summed E-state index contributed by atoms with van der Waals surface area (Å²) < 4.78 is 10.9. The van der Waals surface area contributed by atoms with Gasteiger partial charge < -0.3 is 9.47 Å². The van der Waals surface area contributed by atoms with Crippen LogP contribution < -0.4 is 20.3 Å². The number of aryl methyl sites for hydroxylation is 1. The third kappa shape index (κ3) is 6.12. The van der Waals surface area contributed by atoms with Crippen LogP contribution in [0.15, 0.2) is 48.5 Å². The molecule has 2 aromatic rings. The Bertz CT molecular complexity index is 745. The van der Waals surface area contributed by atoms with Crippen molar-refractivity contribution < 1.29 is 19.1 Å². The molecule has 2 amide bonds. The molecule has 0 aliphatic heterocycles. The van der Waals surface area contributed by atoms with E-state index in [1.807, 2.05) is 43.3 Å². The Kier molecular flexibility index (Phi) is 7.02. The minimum Gasteiger partial charge on any atom is -0.484 e. The Morgan fingerprint density at radius 1 is 0.923 bits per heavy atom. The van der Waals surface area contributed by atoms with Crippen LogP contribution in [0.4, 0.5) is 0 Å². The summed E-state index contributed by atoms with van der Waals surface area (Å²) in [5.41, 5.74) is 6.69. The molecule has 0 radical (unpaired) electrons. The number of benzene rings is 2. The number of para-hydroxylation sites is 1. The van der Waals surface area contributed by atoms with E-state index in [2.05, 4.69) is 24.7 Å². The molecule has 0 aliphatic rings. The summed E-state index contributed by atoms with van der Waals surface area (Å²) in [5.74, 6) is 0.630. The van der Waals surface area contributed by atoms with Gasteiger partial charge in [-0.1, -0.05) is 44.2 Å². The number of hydrazine groups is 1. The first-order valence-electron chi connectivity index (χ1n) is 8.44. The molecule has 0 saturated heterocycles. The van der Waals surface area contributed by atoms with Crippen molar-refractivity contribution in [2.75, 3.05) is 13.2 Å². The highest BCUT2D eigenvalue weighted by Crippen LogP contribution is 2.27. The zero-order chi connectivity index (χ0) is 18.9. The number of hydrogen-bond acceptors (Lipinski definition) is 4. The van der Waals surface area contributed by atoms with Gasteiger partial charge in [-0.15, -0.1) is 0 Å². The van der Waals surface area contributed by atoms with E-state index in [-0.39, 0.29) is 19.1 Å². The highest BCUT2D eigenvalue weighted by molar-refractivity contribution is 5.83. The predicted octanol–water partition coefficient (Wildman–Crippen LogP) is 2.72. The molecule has 138 valence electrons. The highest BCUT2D eigenvalue weighted by Gasteiger charge is 2.11. The Morgan fingerprint density at radius 2 is 1.54 bits per heavy atom. The molecule has 0 bridgehead atoms. The molecule has 0 atom stereocenters. The number of hydrogen-bond donors (Lipinski definition) is 2. The lowest BCUT2D eigenvalue weighted by Crippen LogP contribution is -2.45. The quantitative estimate of drug-likeness (QED) is 0.748. The minimum absolute atomic E-state index is 0.191. The van der Waals surface area contributed by atoms with Crippen LogP contribution in [0.3, 0.4) is 0 Å². The molecule has 0 saturated carbocycles. The van der Waals surface area contributed by atoms with Gasteiger partial charge in [0.1, 0.15) is 11.5 Å². The molecule has 2 aromatic carbocycles. The first-order valence-corrected chi connectivity index (χ1v) is 8.44. The fraction of sp³-hybridized carbons (Fsp3) is 0.300. The van der Waals surface area contributed by atoms with E-state index < -0.39 is 11.8 Å². The number of carbonyl (C=O) groups is 2. The van der Waals surface area contributed by atoms with Crippen LogP contribution in [0.1, 0.15) is 30.9 Å². The highest BCUT2D eigenvalue weighted by atomic mass is 16.5. The van der Waals surface area contributed by atoms with E-state index in [9.17, 15) is 9.59 Å². The number of carbonyl (C=O) groups excluding carboxylic acids is 2. The molecule has 0 spiro atoms. The molecule has 2 N–H and O–H groups in total. The molecule has 2 rings (SSSR count). The molecule has 6 nitrogen and oxygen atoms in total. The second-order valence-corrected chi connectivity index (χ2v) is 6.18. The van der Waals surface area contributed by atoms with Gasteiger partial charge in [0.15, 0.2) is 13.2 Å². The maximum atomic E-state index is 11.9. The largest absolute Gasteiger partial charge is 0.484 e. The third-order valence-electron chi connectivity index (χ3n) is 3.60. The van der Waals surface area contributed by atoms with Crippen LogP contribution >= 0.6 is 0 Å². The second kappa shape index (κ2) is 9.46. The Hall–Kier alpha value is -3.02. The predicted molar refractivity (Wildman–Crippen MR) is 99.0 cm³/mol. The lowest BCUT2D eigenvalue weighted by atomic mass is 10.0. The van der Waals surface area contributed by atoms with E-state index >= 15 is 0 Å². The first kappa shape index (κ1) is 19.3. The molecule has 0 aromatic heterocycles. The molecule has 0 heterocycles. The van der Waals surface area contributed by atoms with Gasteiger partial charge in [-0.3, -0.25) is 20.4 Å². The number of nitrogens with one attached hydrogen (secondary N) is 2. The van der Waals surface area contributed by atoms with Gasteiger partial charge in [-0.2, -0.15) is 0 Å². The number of amides is 2. The molecule has 0 aliphatic carbocycles. The van der Waals surface area contributed by atoms with E-state index in [1.54, 1.807) is 12.1 Å². The molecule has 0 fully saturated rings. The first-order chi connectivity index (χ1) is 12.5. The van der Waals surface area contributed by atoms with Gasteiger partial charge in [0, 0.05) is 0 Å². The van der Waals surface area contributed by atoms with Crippen LogP contribution in [0, 0.1) is 6.92 Å². The lowest BCUT2D eigenvalue weighted by Gasteiger charge is -2.15. The van der Waals surface area contributed by atoms with Crippen molar-refractivity contribution in [2.24, 2.45) is 0 Å². The van der Waals surface area contributed by atoms with Crippen molar-refractivity contribution in [3.05, 3.63) is 59.7 Å². The van der Waals surface area contributed by atoms with Gasteiger partial charge in [0.2, 0.25) is 0 Å². The Balaban J connectivity index is 1.75. The van der Waals surface area contributed by atoms with E-state index in [1.165, 1.54) is 0 Å². The van der Waals surface area contributed by atoms with E-state index in [4.69, 9.17) is 9.47 Å². The summed E-state index contributed by atoms with van der Waals surface area (Å²) in [7, 11) is 0. The number of ether oxygens (including phenoxy) is 2. The van der Waals surface area contributed by atoms with E-state index in [0.717, 1.165) is 11.1 Å². The fourth-order valence-electron chi connectivity index (χ4n) is 2.26. The topological polar surface area (TPSA) is 76.7 Å². The van der Waals surface area contributed by atoms with Crippen LogP contribution in [-0.4, -0.2) is 25.0 Å². The monoisotopic (exact) mass is 356 g/mol. The summed E-state index contributed by atoms with van der Waals surface area (Å²) in [6.07, 6.45) is 0. The molecule has 0 unspecified atom stereocenters. The van der Waals surface area contributed by atoms with Crippen molar-refractivity contribution in [2.45, 2.75) is 26.7 Å². The van der Waals surface area contributed by atoms with Crippen molar-refractivity contribution in [3.63, 3.8) is 0 Å². The van der Waals surface area contributed by atoms with Crippen LogP contribution in [0.25, 0.3) is 0 Å². The van der Waals surface area contributed by atoms with E-state index in [0.29, 0.717) is 11.5 Å². The lowest BCUT2D eigenvalue weighted by molar-refractivity contribution is -0.131. The Morgan fingerprint density at radius 3 is 2.15 bits per heavy atom. The summed E-state index contributed by atoms with van der Waals surface area (Å²) in [4.78, 5) is 23.6. The van der Waals surface area contributed by atoms with Crippen LogP contribution in [-0.2, 0) is 9.59 Å². The van der Waals surface area contributed by atoms with Gasteiger partial charge in [-0.05, 0) is 42.2 Å². The summed E-state index contributed by atoms with van der Waals surface area (Å²) in [5, 5.41) is 0. The summed E-state index contributed by atoms with van der Waals surface area (Å²) >= 11 is 0. The summed E-state index contributed by atoms with van der Waals surface area (Å²) in [6, 6.07) is 14.9. The van der Waals surface area contributed by atoms with Crippen molar-refractivity contribution in [1.29, 1.82) is 0 Å². The number of rotatable bonds is 7. The van der Waals surface area contributed by atoms with Crippen molar-refractivity contribution in [3.8, 4) is 11.5 Å². The fourth-order valence-corrected chi connectivity index (χ4v) is 2.26. The zero-order valence-corrected chi connectivity index (χ0v) is 15.2. The van der Waals surface area contributed by atoms with Crippen LogP contribution in [0.2, 0.25) is 0 Å². The zero-order valence-electron chi connectivity index (χ0n) is 15.2. The van der Waals surface area contributed by atoms with Gasteiger partial charge in [-0.25, -0.2) is 0 Å². The van der Waals surface area contributed by atoms with Gasteiger partial charge in [0.25, 0.3) is 11.8 Å². The maximum absolute atomic E-state index is 11.9. The third-order valence-corrected chi connectivity index (χ3v) is 3.60. The average molecular weight is 356 g/mol. The normalized spacial score (nSPS) is 10.3. The molecule has 26 heavy (non-hydrogen) atoms. The molecular formula is C20H24N2O4. The minimum atomic E-state index is -0.458. The standard InChI is InChI=1S/C20H24N2O4/c1-14(2)17-10-9-15(3)11-18(17)26-13-20(24)22-21-19(23)12-25-16-7-5-4-6-8-16/h4-11,14H,12-13H2,1-3H3,(H,21,23)(H,22,24). The van der Waals surface area contributed by atoms with Gasteiger partial charge >= 0.3 is 0 Å². The molecular weight excluding hydrogens is 332 g/mol. The molecule has 6 heteroatoms. The summed E-state index contributed by atoms with van der Waals surface area (Å²) in [6.45, 7) is 5.70. The Labute approximate surface area is 153 Å². The maximum Gasteiger partial charge on any atom is 0.276 e.